The summed E-state index contributed by atoms with van der Waals surface area (Å²) in [4.78, 5) is 10.4. The Morgan fingerprint density at radius 3 is 1.31 bits per heavy atom. The number of unbranched alkanes of at least 4 members (excludes halogenated alkanes) is 13. The molecule has 0 aliphatic rings. The van der Waals surface area contributed by atoms with Crippen LogP contribution in [0.25, 0.3) is 0 Å². The molecule has 0 unspecified atom stereocenters. The molecule has 2 nitrogen and oxygen atoms in total. The van der Waals surface area contributed by atoms with Gasteiger partial charge >= 0.3 is 5.97 Å². The molecular formula is C24H48O2. The van der Waals surface area contributed by atoms with Gasteiger partial charge in [0.05, 0.1) is 0 Å². The van der Waals surface area contributed by atoms with Crippen LogP contribution in [0.4, 0.5) is 0 Å². The number of rotatable bonds is 21. The zero-order valence-corrected chi connectivity index (χ0v) is 18.1. The Kier molecular flexibility index (Phi) is 20.4. The highest BCUT2D eigenvalue weighted by Gasteiger charge is 2.07. The van der Waals surface area contributed by atoms with Gasteiger partial charge < -0.3 is 5.11 Å². The molecule has 0 fully saturated rings. The third-order valence-corrected chi connectivity index (χ3v) is 5.68. The minimum absolute atomic E-state index is 0.345. The molecule has 0 heterocycles. The van der Waals surface area contributed by atoms with Crippen LogP contribution < -0.4 is 0 Å². The monoisotopic (exact) mass is 368 g/mol. The lowest BCUT2D eigenvalue weighted by Crippen LogP contribution is -2.01. The van der Waals surface area contributed by atoms with E-state index in [1.807, 2.05) is 0 Å². The normalized spacial score (nSPS) is 11.3. The quantitative estimate of drug-likeness (QED) is 0.206. The van der Waals surface area contributed by atoms with Gasteiger partial charge in [0.25, 0.3) is 0 Å². The molecule has 0 aliphatic heterocycles. The van der Waals surface area contributed by atoms with Crippen molar-refractivity contribution >= 4 is 5.97 Å². The van der Waals surface area contributed by atoms with Gasteiger partial charge in [-0.05, 0) is 12.3 Å². The van der Waals surface area contributed by atoms with Gasteiger partial charge in [-0.25, -0.2) is 0 Å². The first-order valence-electron chi connectivity index (χ1n) is 11.9. The van der Waals surface area contributed by atoms with Gasteiger partial charge in [0, 0.05) is 6.42 Å². The number of aliphatic carboxylic acids is 1. The van der Waals surface area contributed by atoms with Gasteiger partial charge in [0.1, 0.15) is 0 Å². The summed E-state index contributed by atoms with van der Waals surface area (Å²) < 4.78 is 0. The molecule has 0 radical (unpaired) electrons. The molecule has 156 valence electrons. The van der Waals surface area contributed by atoms with Gasteiger partial charge in [0.2, 0.25) is 0 Å². The summed E-state index contributed by atoms with van der Waals surface area (Å²) in [6, 6.07) is 0. The Bertz CT molecular complexity index is 280. The Hall–Kier alpha value is -0.530. The van der Waals surface area contributed by atoms with Crippen molar-refractivity contribution in [3.05, 3.63) is 0 Å². The Morgan fingerprint density at radius 2 is 0.923 bits per heavy atom. The highest BCUT2D eigenvalue weighted by atomic mass is 16.4. The molecule has 0 saturated carbocycles. The first-order chi connectivity index (χ1) is 12.7. The van der Waals surface area contributed by atoms with E-state index < -0.39 is 5.97 Å². The predicted octanol–water partition coefficient (Wildman–Crippen LogP) is 8.53. The molecule has 0 aromatic carbocycles. The van der Waals surface area contributed by atoms with Crippen LogP contribution in [0.15, 0.2) is 0 Å². The SMILES string of the molecule is CCCCC(CCCC)CCCCCCCCCCCCCCC(=O)O. The highest BCUT2D eigenvalue weighted by molar-refractivity contribution is 5.66. The number of hydrogen-bond acceptors (Lipinski definition) is 1. The second-order valence-corrected chi connectivity index (χ2v) is 8.33. The summed E-state index contributed by atoms with van der Waals surface area (Å²) in [7, 11) is 0. The molecule has 0 amide bonds. The van der Waals surface area contributed by atoms with E-state index in [0.29, 0.717) is 6.42 Å². The Balaban J connectivity index is 3.29. The van der Waals surface area contributed by atoms with Gasteiger partial charge in [-0.3, -0.25) is 4.79 Å². The molecule has 26 heavy (non-hydrogen) atoms. The molecule has 0 spiro atoms. The average molecular weight is 369 g/mol. The van der Waals surface area contributed by atoms with Crippen molar-refractivity contribution in [1.82, 2.24) is 0 Å². The fourth-order valence-corrected chi connectivity index (χ4v) is 3.90. The van der Waals surface area contributed by atoms with E-state index >= 15 is 0 Å². The maximum Gasteiger partial charge on any atom is 0.303 e. The predicted molar refractivity (Wildman–Crippen MR) is 115 cm³/mol. The van der Waals surface area contributed by atoms with Crippen LogP contribution in [-0.2, 0) is 4.79 Å². The van der Waals surface area contributed by atoms with Crippen LogP contribution in [0.3, 0.4) is 0 Å². The number of carboxylic acid groups (broad SMARTS) is 1. The molecule has 0 rings (SSSR count). The van der Waals surface area contributed by atoms with E-state index in [1.54, 1.807) is 0 Å². The maximum absolute atomic E-state index is 10.4. The highest BCUT2D eigenvalue weighted by Crippen LogP contribution is 2.23. The van der Waals surface area contributed by atoms with Crippen LogP contribution in [0.5, 0.6) is 0 Å². The van der Waals surface area contributed by atoms with Crippen LogP contribution in [-0.4, -0.2) is 11.1 Å². The molecule has 1 N–H and O–H groups in total. The molecule has 0 atom stereocenters. The van der Waals surface area contributed by atoms with E-state index in [-0.39, 0.29) is 0 Å². The van der Waals surface area contributed by atoms with Gasteiger partial charge in [-0.2, -0.15) is 0 Å². The summed E-state index contributed by atoms with van der Waals surface area (Å²) in [6.07, 6.45) is 26.0. The van der Waals surface area contributed by atoms with Crippen molar-refractivity contribution in [1.29, 1.82) is 0 Å². The maximum atomic E-state index is 10.4. The molecular weight excluding hydrogens is 320 g/mol. The van der Waals surface area contributed by atoms with Crippen molar-refractivity contribution in [3.8, 4) is 0 Å². The van der Waals surface area contributed by atoms with E-state index in [1.165, 1.54) is 109 Å². The van der Waals surface area contributed by atoms with Gasteiger partial charge in [-0.1, -0.05) is 129 Å². The number of hydrogen-bond donors (Lipinski definition) is 1. The van der Waals surface area contributed by atoms with E-state index in [0.717, 1.165) is 18.8 Å². The third-order valence-electron chi connectivity index (χ3n) is 5.68. The summed E-state index contributed by atoms with van der Waals surface area (Å²) in [5, 5.41) is 8.59. The summed E-state index contributed by atoms with van der Waals surface area (Å²) in [6.45, 7) is 4.63. The molecule has 0 aromatic heterocycles. The molecule has 0 aliphatic carbocycles. The van der Waals surface area contributed by atoms with Crippen LogP contribution >= 0.6 is 0 Å². The zero-order chi connectivity index (χ0) is 19.3. The van der Waals surface area contributed by atoms with Gasteiger partial charge in [0.15, 0.2) is 0 Å². The third kappa shape index (κ3) is 19.8. The Labute approximate surface area is 164 Å². The van der Waals surface area contributed by atoms with Crippen molar-refractivity contribution in [2.45, 2.75) is 142 Å². The van der Waals surface area contributed by atoms with Crippen LogP contribution in [0.2, 0.25) is 0 Å². The lowest BCUT2D eigenvalue weighted by atomic mass is 9.90. The van der Waals surface area contributed by atoms with Crippen molar-refractivity contribution in [3.63, 3.8) is 0 Å². The second-order valence-electron chi connectivity index (χ2n) is 8.33. The fourth-order valence-electron chi connectivity index (χ4n) is 3.90. The van der Waals surface area contributed by atoms with Gasteiger partial charge in [-0.15, -0.1) is 0 Å². The Morgan fingerprint density at radius 1 is 0.577 bits per heavy atom. The standard InChI is InChI=1S/C24H48O2/c1-3-5-19-23(20-6-4-2)21-17-15-13-11-9-7-8-10-12-14-16-18-22-24(25)26/h23H,3-22H2,1-2H3,(H,25,26). The van der Waals surface area contributed by atoms with E-state index in [9.17, 15) is 4.79 Å². The summed E-state index contributed by atoms with van der Waals surface area (Å²) >= 11 is 0. The number of carboxylic acids is 1. The topological polar surface area (TPSA) is 37.3 Å². The average Bonchev–Trinajstić information content (AvgIpc) is 2.63. The van der Waals surface area contributed by atoms with E-state index in [4.69, 9.17) is 5.11 Å². The number of carbonyl (C=O) groups is 1. The second kappa shape index (κ2) is 20.8. The molecule has 0 saturated heterocycles. The van der Waals surface area contributed by atoms with E-state index in [2.05, 4.69) is 13.8 Å². The smallest absolute Gasteiger partial charge is 0.303 e. The van der Waals surface area contributed by atoms with Crippen molar-refractivity contribution in [2.75, 3.05) is 0 Å². The zero-order valence-electron chi connectivity index (χ0n) is 18.1. The first-order valence-corrected chi connectivity index (χ1v) is 11.9. The summed E-state index contributed by atoms with van der Waals surface area (Å²) in [5.41, 5.74) is 0. The lowest BCUT2D eigenvalue weighted by Gasteiger charge is -2.16. The minimum Gasteiger partial charge on any atom is -0.481 e. The molecule has 0 aromatic rings. The van der Waals surface area contributed by atoms with Crippen molar-refractivity contribution < 1.29 is 9.90 Å². The molecule has 0 bridgehead atoms. The first kappa shape index (κ1) is 25.5. The largest absolute Gasteiger partial charge is 0.481 e. The summed E-state index contributed by atoms with van der Waals surface area (Å²) in [5.74, 6) is 0.354. The fraction of sp³-hybridized carbons (Fsp3) is 0.958. The lowest BCUT2D eigenvalue weighted by molar-refractivity contribution is -0.137. The molecule has 2 heteroatoms. The van der Waals surface area contributed by atoms with Crippen molar-refractivity contribution in [2.24, 2.45) is 5.92 Å². The van der Waals surface area contributed by atoms with Crippen LogP contribution in [0.1, 0.15) is 142 Å². The minimum atomic E-state index is -0.651. The van der Waals surface area contributed by atoms with Crippen LogP contribution in [0, 0.1) is 5.92 Å².